The van der Waals surface area contributed by atoms with Gasteiger partial charge >= 0.3 is 0 Å². The second-order valence-corrected chi connectivity index (χ2v) is 4.98. The number of aliphatic hydroxyl groups excluding tert-OH is 1. The lowest BCUT2D eigenvalue weighted by Crippen LogP contribution is -2.35. The van der Waals surface area contributed by atoms with Gasteiger partial charge in [0, 0.05) is 12.2 Å². The van der Waals surface area contributed by atoms with Crippen molar-refractivity contribution in [3.05, 3.63) is 29.3 Å². The van der Waals surface area contributed by atoms with Gasteiger partial charge in [-0.2, -0.15) is 0 Å². The second-order valence-electron chi connectivity index (χ2n) is 4.98. The fourth-order valence-corrected chi connectivity index (χ4v) is 2.63. The van der Waals surface area contributed by atoms with Crippen LogP contribution in [0.4, 0.5) is 5.69 Å². The van der Waals surface area contributed by atoms with E-state index in [0.29, 0.717) is 0 Å². The van der Waals surface area contributed by atoms with E-state index in [9.17, 15) is 5.11 Å². The molecule has 0 fully saturated rings. The average molecular weight is 248 g/mol. The van der Waals surface area contributed by atoms with Crippen molar-refractivity contribution >= 4 is 5.69 Å². The predicted octanol–water partition coefficient (Wildman–Crippen LogP) is 2.47. The molecule has 2 unspecified atom stereocenters. The lowest BCUT2D eigenvalue weighted by Gasteiger charge is -2.31. The van der Waals surface area contributed by atoms with Crippen LogP contribution in [0.15, 0.2) is 18.2 Å². The van der Waals surface area contributed by atoms with Gasteiger partial charge in [-0.05, 0) is 49.1 Å². The zero-order valence-corrected chi connectivity index (χ0v) is 11.4. The van der Waals surface area contributed by atoms with Crippen molar-refractivity contribution in [2.24, 2.45) is 0 Å². The quantitative estimate of drug-likeness (QED) is 0.750. The van der Waals surface area contributed by atoms with Crippen molar-refractivity contribution < 1.29 is 5.11 Å². The van der Waals surface area contributed by atoms with Crippen LogP contribution in [0.3, 0.4) is 0 Å². The predicted molar refractivity (Wildman–Crippen MR) is 76.0 cm³/mol. The standard InChI is InChI=1S/C15H24N2O/c1-3-9-17-12-7-5-11-6-8-14(18)15(16-4-2)13(11)10-12/h5,7,10,14-18H,3-4,6,8-9H2,1-2H3. The summed E-state index contributed by atoms with van der Waals surface area (Å²) in [5, 5.41) is 16.9. The molecule has 0 aromatic heterocycles. The van der Waals surface area contributed by atoms with Gasteiger partial charge < -0.3 is 15.7 Å². The lowest BCUT2D eigenvalue weighted by atomic mass is 9.85. The highest BCUT2D eigenvalue weighted by Crippen LogP contribution is 2.32. The molecule has 0 bridgehead atoms. The van der Waals surface area contributed by atoms with Gasteiger partial charge in [-0.3, -0.25) is 0 Å². The van der Waals surface area contributed by atoms with Crippen molar-refractivity contribution in [3.8, 4) is 0 Å². The van der Waals surface area contributed by atoms with E-state index in [-0.39, 0.29) is 12.1 Å². The Hall–Kier alpha value is -1.06. The smallest absolute Gasteiger partial charge is 0.0738 e. The molecular formula is C15H24N2O. The van der Waals surface area contributed by atoms with E-state index in [2.05, 4.69) is 42.7 Å². The molecule has 1 aromatic carbocycles. The van der Waals surface area contributed by atoms with Crippen LogP contribution in [-0.2, 0) is 6.42 Å². The average Bonchev–Trinajstić information content (AvgIpc) is 2.39. The summed E-state index contributed by atoms with van der Waals surface area (Å²) in [5.74, 6) is 0. The molecule has 0 heterocycles. The normalized spacial score (nSPS) is 22.6. The molecule has 2 atom stereocenters. The van der Waals surface area contributed by atoms with Gasteiger partial charge in [0.05, 0.1) is 12.1 Å². The van der Waals surface area contributed by atoms with Gasteiger partial charge in [0.1, 0.15) is 0 Å². The molecule has 3 N–H and O–H groups in total. The molecule has 0 amide bonds. The summed E-state index contributed by atoms with van der Waals surface area (Å²) < 4.78 is 0. The monoisotopic (exact) mass is 248 g/mol. The van der Waals surface area contributed by atoms with Crippen LogP contribution >= 0.6 is 0 Å². The van der Waals surface area contributed by atoms with Gasteiger partial charge in [-0.15, -0.1) is 0 Å². The highest BCUT2D eigenvalue weighted by atomic mass is 16.3. The van der Waals surface area contributed by atoms with Crippen LogP contribution in [0, 0.1) is 0 Å². The Bertz CT molecular complexity index is 392. The van der Waals surface area contributed by atoms with E-state index in [1.807, 2.05) is 0 Å². The highest BCUT2D eigenvalue weighted by Gasteiger charge is 2.27. The minimum atomic E-state index is -0.265. The summed E-state index contributed by atoms with van der Waals surface area (Å²) in [6.07, 6.45) is 2.69. The molecule has 3 heteroatoms. The number of anilines is 1. The number of nitrogens with one attached hydrogen (secondary N) is 2. The zero-order chi connectivity index (χ0) is 13.0. The van der Waals surface area contributed by atoms with Crippen molar-refractivity contribution in [2.45, 2.75) is 45.3 Å². The summed E-state index contributed by atoms with van der Waals surface area (Å²) in [7, 11) is 0. The van der Waals surface area contributed by atoms with Crippen molar-refractivity contribution in [3.63, 3.8) is 0 Å². The summed E-state index contributed by atoms with van der Waals surface area (Å²) in [6.45, 7) is 6.12. The third-order valence-electron chi connectivity index (χ3n) is 3.58. The van der Waals surface area contributed by atoms with Gasteiger partial charge in [0.15, 0.2) is 0 Å². The van der Waals surface area contributed by atoms with Crippen LogP contribution in [0.2, 0.25) is 0 Å². The van der Waals surface area contributed by atoms with Crippen LogP contribution in [0.1, 0.15) is 43.9 Å². The topological polar surface area (TPSA) is 44.3 Å². The Kier molecular flexibility index (Phi) is 4.61. The Morgan fingerprint density at radius 2 is 2.17 bits per heavy atom. The number of benzene rings is 1. The number of likely N-dealkylation sites (N-methyl/N-ethyl adjacent to an activating group) is 1. The maximum absolute atomic E-state index is 10.1. The first-order valence-electron chi connectivity index (χ1n) is 7.04. The molecule has 0 saturated carbocycles. The Morgan fingerprint density at radius 1 is 1.33 bits per heavy atom. The minimum Gasteiger partial charge on any atom is -0.391 e. The number of hydrogen-bond donors (Lipinski definition) is 3. The molecule has 18 heavy (non-hydrogen) atoms. The largest absolute Gasteiger partial charge is 0.391 e. The Morgan fingerprint density at radius 3 is 2.89 bits per heavy atom. The first-order chi connectivity index (χ1) is 8.76. The summed E-state index contributed by atoms with van der Waals surface area (Å²) in [5.41, 5.74) is 3.79. The molecule has 100 valence electrons. The molecule has 2 rings (SSSR count). The van der Waals surface area contributed by atoms with Crippen LogP contribution in [-0.4, -0.2) is 24.3 Å². The Balaban J connectivity index is 2.23. The molecular weight excluding hydrogens is 224 g/mol. The number of rotatable bonds is 5. The number of fused-ring (bicyclic) bond motifs is 1. The highest BCUT2D eigenvalue weighted by molar-refractivity contribution is 5.50. The van der Waals surface area contributed by atoms with Crippen molar-refractivity contribution in [1.82, 2.24) is 5.32 Å². The van der Waals surface area contributed by atoms with Crippen LogP contribution in [0.25, 0.3) is 0 Å². The first kappa shape index (κ1) is 13.4. The fourth-order valence-electron chi connectivity index (χ4n) is 2.63. The number of aryl methyl sites for hydroxylation is 1. The van der Waals surface area contributed by atoms with Gasteiger partial charge in [0.25, 0.3) is 0 Å². The van der Waals surface area contributed by atoms with Crippen molar-refractivity contribution in [2.75, 3.05) is 18.4 Å². The SMILES string of the molecule is CCCNc1ccc2c(c1)C(NCC)C(O)CC2. The van der Waals surface area contributed by atoms with Crippen molar-refractivity contribution in [1.29, 1.82) is 0 Å². The number of aliphatic hydroxyl groups is 1. The van der Waals surface area contributed by atoms with E-state index in [1.54, 1.807) is 0 Å². The first-order valence-corrected chi connectivity index (χ1v) is 7.04. The van der Waals surface area contributed by atoms with Crippen LogP contribution < -0.4 is 10.6 Å². The van der Waals surface area contributed by atoms with E-state index in [1.165, 1.54) is 11.1 Å². The zero-order valence-electron chi connectivity index (χ0n) is 11.4. The van der Waals surface area contributed by atoms with E-state index >= 15 is 0 Å². The summed E-state index contributed by atoms with van der Waals surface area (Å²) in [6, 6.07) is 6.63. The van der Waals surface area contributed by atoms with Crippen LogP contribution in [0.5, 0.6) is 0 Å². The third-order valence-corrected chi connectivity index (χ3v) is 3.58. The maximum atomic E-state index is 10.1. The second kappa shape index (κ2) is 6.21. The molecule has 0 aliphatic heterocycles. The lowest BCUT2D eigenvalue weighted by molar-refractivity contribution is 0.112. The fraction of sp³-hybridized carbons (Fsp3) is 0.600. The maximum Gasteiger partial charge on any atom is 0.0738 e. The molecule has 3 nitrogen and oxygen atoms in total. The molecule has 0 spiro atoms. The molecule has 0 saturated heterocycles. The number of hydrogen-bond acceptors (Lipinski definition) is 3. The van der Waals surface area contributed by atoms with E-state index in [0.717, 1.165) is 38.0 Å². The van der Waals surface area contributed by atoms with Gasteiger partial charge in [-0.1, -0.05) is 19.9 Å². The van der Waals surface area contributed by atoms with Gasteiger partial charge in [0.2, 0.25) is 0 Å². The molecule has 1 aliphatic carbocycles. The minimum absolute atomic E-state index is 0.0853. The van der Waals surface area contributed by atoms with E-state index in [4.69, 9.17) is 0 Å². The summed E-state index contributed by atoms with van der Waals surface area (Å²) in [4.78, 5) is 0. The summed E-state index contributed by atoms with van der Waals surface area (Å²) >= 11 is 0. The van der Waals surface area contributed by atoms with Gasteiger partial charge in [-0.25, -0.2) is 0 Å². The Labute approximate surface area is 110 Å². The third kappa shape index (κ3) is 2.85. The molecule has 1 aromatic rings. The molecule has 1 aliphatic rings. The molecule has 0 radical (unpaired) electrons. The van der Waals surface area contributed by atoms with E-state index < -0.39 is 0 Å².